The predicted molar refractivity (Wildman–Crippen MR) is 108 cm³/mol. The number of ether oxygens (including phenoxy) is 2. The van der Waals surface area contributed by atoms with Crippen LogP contribution in [0.3, 0.4) is 0 Å². The van der Waals surface area contributed by atoms with Gasteiger partial charge in [-0.25, -0.2) is 0 Å². The van der Waals surface area contributed by atoms with Gasteiger partial charge in [-0.05, 0) is 67.2 Å². The molecule has 0 aliphatic rings. The van der Waals surface area contributed by atoms with Gasteiger partial charge < -0.3 is 9.47 Å². The number of allylic oxidation sites excluding steroid dienone is 4. The first-order valence-corrected chi connectivity index (χ1v) is 9.79. The van der Waals surface area contributed by atoms with Crippen LogP contribution in [-0.2, 0) is 28.7 Å². The van der Waals surface area contributed by atoms with E-state index >= 15 is 0 Å². The van der Waals surface area contributed by atoms with Gasteiger partial charge in [0.25, 0.3) is 0 Å². The van der Waals surface area contributed by atoms with E-state index in [1.165, 1.54) is 13.8 Å². The number of hydrogen-bond donors (Lipinski definition) is 0. The van der Waals surface area contributed by atoms with Gasteiger partial charge >= 0.3 is 11.9 Å². The van der Waals surface area contributed by atoms with Crippen LogP contribution in [0.4, 0.5) is 0 Å². The van der Waals surface area contributed by atoms with E-state index in [0.29, 0.717) is 12.8 Å². The van der Waals surface area contributed by atoms with Crippen LogP contribution < -0.4 is 0 Å². The van der Waals surface area contributed by atoms with E-state index in [0.717, 1.165) is 24.0 Å². The molecule has 0 spiro atoms. The minimum atomic E-state index is -0.756. The first-order chi connectivity index (χ1) is 13.1. The van der Waals surface area contributed by atoms with Crippen molar-refractivity contribution in [2.45, 2.75) is 67.2 Å². The first kappa shape index (κ1) is 25.8. The van der Waals surface area contributed by atoms with Gasteiger partial charge in [0, 0.05) is 0 Å². The van der Waals surface area contributed by atoms with Crippen molar-refractivity contribution >= 4 is 23.5 Å². The molecule has 6 heteroatoms. The van der Waals surface area contributed by atoms with Gasteiger partial charge in [0.05, 0.1) is 13.2 Å². The lowest BCUT2D eigenvalue weighted by molar-refractivity contribution is -0.152. The van der Waals surface area contributed by atoms with Gasteiger partial charge in [-0.2, -0.15) is 0 Å². The summed E-state index contributed by atoms with van der Waals surface area (Å²) in [6, 6.07) is 0. The Morgan fingerprint density at radius 1 is 0.750 bits per heavy atom. The zero-order valence-electron chi connectivity index (χ0n) is 18.0. The van der Waals surface area contributed by atoms with Gasteiger partial charge in [0.15, 0.2) is 0 Å². The summed E-state index contributed by atoms with van der Waals surface area (Å²) in [5, 5.41) is 0. The molecule has 0 N–H and O–H groups in total. The Morgan fingerprint density at radius 3 is 1.71 bits per heavy atom. The quantitative estimate of drug-likeness (QED) is 0.267. The molecular weight excluding hydrogens is 360 g/mol. The molecule has 0 rings (SSSR count). The van der Waals surface area contributed by atoms with Crippen molar-refractivity contribution < 1.29 is 28.7 Å². The largest absolute Gasteiger partial charge is 0.465 e. The Balaban J connectivity index is 4.70. The maximum atomic E-state index is 11.9. The number of esters is 2. The van der Waals surface area contributed by atoms with Crippen molar-refractivity contribution in [3.05, 3.63) is 23.3 Å². The minimum Gasteiger partial charge on any atom is -0.465 e. The average Bonchev–Trinajstić information content (AvgIpc) is 2.59. The molecule has 6 nitrogen and oxygen atoms in total. The first-order valence-electron chi connectivity index (χ1n) is 9.79. The summed E-state index contributed by atoms with van der Waals surface area (Å²) < 4.78 is 9.90. The standard InChI is InChI=1S/C22H34O6/c1-7-27-21(25)19(17(5)23)13-12-15(3)10-9-11-16(4)14-20(18(6)24)22(26)28-8-2/h11-12,19-20H,7-10,13-14H2,1-6H3/b15-12+,16-11+. The highest BCUT2D eigenvalue weighted by atomic mass is 16.5. The SMILES string of the molecule is CCOC(=O)C(C/C=C(\C)CC/C=C(\C)CC(C(C)=O)C(=O)OCC)C(C)=O. The fourth-order valence-electron chi connectivity index (χ4n) is 2.68. The van der Waals surface area contributed by atoms with E-state index < -0.39 is 23.8 Å². The van der Waals surface area contributed by atoms with E-state index in [9.17, 15) is 19.2 Å². The van der Waals surface area contributed by atoms with Crippen LogP contribution in [0.5, 0.6) is 0 Å². The summed E-state index contributed by atoms with van der Waals surface area (Å²) in [6.45, 7) is 10.6. The van der Waals surface area contributed by atoms with Crippen molar-refractivity contribution in [1.82, 2.24) is 0 Å². The van der Waals surface area contributed by atoms with Crippen LogP contribution in [0.15, 0.2) is 23.3 Å². The monoisotopic (exact) mass is 394 g/mol. The Morgan fingerprint density at radius 2 is 1.25 bits per heavy atom. The number of rotatable bonds is 13. The lowest BCUT2D eigenvalue weighted by Gasteiger charge is -2.13. The maximum Gasteiger partial charge on any atom is 0.316 e. The van der Waals surface area contributed by atoms with Gasteiger partial charge in [-0.3, -0.25) is 19.2 Å². The summed E-state index contributed by atoms with van der Waals surface area (Å²) in [6.07, 6.45) is 6.08. The number of hydrogen-bond acceptors (Lipinski definition) is 6. The molecule has 0 heterocycles. The molecule has 0 aromatic carbocycles. The molecule has 2 atom stereocenters. The highest BCUT2D eigenvalue weighted by molar-refractivity contribution is 5.98. The normalized spacial score (nSPS) is 14.2. The zero-order chi connectivity index (χ0) is 21.7. The second kappa shape index (κ2) is 13.9. The summed E-state index contributed by atoms with van der Waals surface area (Å²) in [7, 11) is 0. The predicted octanol–water partition coefficient (Wildman–Crippen LogP) is 3.98. The second-order valence-electron chi connectivity index (χ2n) is 6.91. The van der Waals surface area contributed by atoms with E-state index in [1.54, 1.807) is 13.8 Å². The van der Waals surface area contributed by atoms with Crippen LogP contribution in [-0.4, -0.2) is 36.7 Å². The minimum absolute atomic E-state index is 0.198. The number of carbonyl (C=O) groups is 4. The molecule has 0 aliphatic heterocycles. The van der Waals surface area contributed by atoms with Gasteiger partial charge in [-0.15, -0.1) is 0 Å². The molecule has 0 aromatic rings. The van der Waals surface area contributed by atoms with E-state index in [-0.39, 0.29) is 24.8 Å². The summed E-state index contributed by atoms with van der Waals surface area (Å²) in [4.78, 5) is 47.0. The Hall–Kier alpha value is -2.24. The third kappa shape index (κ3) is 10.2. The highest BCUT2D eigenvalue weighted by Gasteiger charge is 2.25. The third-order valence-corrected chi connectivity index (χ3v) is 4.38. The average molecular weight is 395 g/mol. The lowest BCUT2D eigenvalue weighted by atomic mass is 9.95. The molecule has 0 fully saturated rings. The van der Waals surface area contributed by atoms with Crippen molar-refractivity contribution in [2.24, 2.45) is 11.8 Å². The van der Waals surface area contributed by atoms with Gasteiger partial charge in [0.2, 0.25) is 0 Å². The number of Topliss-reactive ketones (excluding diaryl/α,β-unsaturated/α-hetero) is 2. The molecule has 0 aliphatic carbocycles. The van der Waals surface area contributed by atoms with Crippen molar-refractivity contribution in [2.75, 3.05) is 13.2 Å². The van der Waals surface area contributed by atoms with Gasteiger partial charge in [-0.1, -0.05) is 23.3 Å². The molecule has 158 valence electrons. The molecule has 0 saturated carbocycles. The summed E-state index contributed by atoms with van der Waals surface area (Å²) >= 11 is 0. The summed E-state index contributed by atoms with van der Waals surface area (Å²) in [5.41, 5.74) is 2.02. The van der Waals surface area contributed by atoms with Crippen molar-refractivity contribution in [3.8, 4) is 0 Å². The Labute approximate surface area is 168 Å². The van der Waals surface area contributed by atoms with Crippen LogP contribution in [0, 0.1) is 11.8 Å². The van der Waals surface area contributed by atoms with Crippen molar-refractivity contribution in [3.63, 3.8) is 0 Å². The molecule has 28 heavy (non-hydrogen) atoms. The number of carbonyl (C=O) groups excluding carboxylic acids is 4. The molecule has 0 saturated heterocycles. The van der Waals surface area contributed by atoms with Gasteiger partial charge in [0.1, 0.15) is 23.4 Å². The summed E-state index contributed by atoms with van der Waals surface area (Å²) in [5.74, 6) is -2.87. The van der Waals surface area contributed by atoms with E-state index in [2.05, 4.69) is 0 Å². The Bertz CT molecular complexity index is 615. The molecule has 0 aromatic heterocycles. The Kier molecular flexibility index (Phi) is 12.7. The fourth-order valence-corrected chi connectivity index (χ4v) is 2.68. The lowest BCUT2D eigenvalue weighted by Crippen LogP contribution is -2.24. The molecular formula is C22H34O6. The zero-order valence-corrected chi connectivity index (χ0v) is 18.0. The van der Waals surface area contributed by atoms with Crippen LogP contribution >= 0.6 is 0 Å². The third-order valence-electron chi connectivity index (χ3n) is 4.38. The molecule has 0 amide bonds. The number of ketones is 2. The molecule has 0 bridgehead atoms. The van der Waals surface area contributed by atoms with E-state index in [1.807, 2.05) is 26.0 Å². The van der Waals surface area contributed by atoms with Crippen LogP contribution in [0.1, 0.15) is 67.2 Å². The highest BCUT2D eigenvalue weighted by Crippen LogP contribution is 2.18. The molecule has 0 radical (unpaired) electrons. The van der Waals surface area contributed by atoms with Crippen LogP contribution in [0.2, 0.25) is 0 Å². The second-order valence-corrected chi connectivity index (χ2v) is 6.91. The van der Waals surface area contributed by atoms with E-state index in [4.69, 9.17) is 9.47 Å². The fraction of sp³-hybridized carbons (Fsp3) is 0.636. The van der Waals surface area contributed by atoms with Crippen molar-refractivity contribution in [1.29, 1.82) is 0 Å². The maximum absolute atomic E-state index is 11.9. The van der Waals surface area contributed by atoms with Crippen LogP contribution in [0.25, 0.3) is 0 Å². The smallest absolute Gasteiger partial charge is 0.316 e. The topological polar surface area (TPSA) is 86.7 Å². The molecule has 2 unspecified atom stereocenters.